The third-order valence-corrected chi connectivity index (χ3v) is 3.38. The smallest absolute Gasteiger partial charge is 0.335 e. The standard InChI is InChI=1S/C17H14N2O2/c1-11-15(13-8-5-9-14(10-13)17(20)21)19-16(18-11)12-6-3-2-4-7-12/h2-11H,1H3,(H,20,21). The minimum Gasteiger partial charge on any atom is -0.478 e. The van der Waals surface area contributed by atoms with Crippen LogP contribution in [0.3, 0.4) is 0 Å². The van der Waals surface area contributed by atoms with Crippen LogP contribution in [0.15, 0.2) is 64.6 Å². The molecule has 4 nitrogen and oxygen atoms in total. The minimum atomic E-state index is -0.938. The predicted octanol–water partition coefficient (Wildman–Crippen LogP) is 3.02. The van der Waals surface area contributed by atoms with Crippen LogP contribution in [-0.2, 0) is 0 Å². The normalized spacial score (nSPS) is 17.3. The number of carbonyl (C=O) groups is 1. The highest BCUT2D eigenvalue weighted by Crippen LogP contribution is 2.18. The summed E-state index contributed by atoms with van der Waals surface area (Å²) in [4.78, 5) is 20.2. The lowest BCUT2D eigenvalue weighted by molar-refractivity contribution is 0.0697. The number of carboxylic acids is 1. The molecule has 0 amide bonds. The fraction of sp³-hybridized carbons (Fsp3) is 0.118. The summed E-state index contributed by atoms with van der Waals surface area (Å²) in [5.41, 5.74) is 2.83. The van der Waals surface area contributed by atoms with Gasteiger partial charge in [0, 0.05) is 5.56 Å². The van der Waals surface area contributed by atoms with Crippen molar-refractivity contribution in [1.82, 2.24) is 0 Å². The Morgan fingerprint density at radius 2 is 1.76 bits per heavy atom. The first-order valence-electron chi connectivity index (χ1n) is 6.70. The van der Waals surface area contributed by atoms with Crippen molar-refractivity contribution in [2.45, 2.75) is 13.0 Å². The van der Waals surface area contributed by atoms with Gasteiger partial charge in [0.15, 0.2) is 5.84 Å². The van der Waals surface area contributed by atoms with Crippen molar-refractivity contribution in [2.75, 3.05) is 0 Å². The second-order valence-corrected chi connectivity index (χ2v) is 4.88. The fourth-order valence-electron chi connectivity index (χ4n) is 2.32. The van der Waals surface area contributed by atoms with E-state index in [-0.39, 0.29) is 11.6 Å². The summed E-state index contributed by atoms with van der Waals surface area (Å²) in [5.74, 6) is -0.244. The van der Waals surface area contributed by atoms with Crippen LogP contribution < -0.4 is 0 Å². The molecule has 0 bridgehead atoms. The number of rotatable bonds is 3. The maximum Gasteiger partial charge on any atom is 0.335 e. The van der Waals surface area contributed by atoms with Crippen molar-refractivity contribution < 1.29 is 9.90 Å². The van der Waals surface area contributed by atoms with Crippen molar-refractivity contribution in [3.05, 3.63) is 71.3 Å². The van der Waals surface area contributed by atoms with E-state index in [2.05, 4.69) is 9.98 Å². The van der Waals surface area contributed by atoms with Crippen molar-refractivity contribution in [3.63, 3.8) is 0 Å². The van der Waals surface area contributed by atoms with E-state index in [1.165, 1.54) is 0 Å². The van der Waals surface area contributed by atoms with Crippen LogP contribution in [0.5, 0.6) is 0 Å². The van der Waals surface area contributed by atoms with Crippen molar-refractivity contribution in [1.29, 1.82) is 0 Å². The third-order valence-electron chi connectivity index (χ3n) is 3.38. The first kappa shape index (κ1) is 13.2. The molecule has 0 saturated heterocycles. The SMILES string of the molecule is CC1N=C(c2ccccc2)N=C1c1cccc(C(=O)O)c1. The minimum absolute atomic E-state index is 0.0794. The molecule has 0 saturated carbocycles. The number of benzene rings is 2. The van der Waals surface area contributed by atoms with Crippen LogP contribution in [0.1, 0.15) is 28.4 Å². The quantitative estimate of drug-likeness (QED) is 0.938. The van der Waals surface area contributed by atoms with Crippen LogP contribution in [0.2, 0.25) is 0 Å². The largest absolute Gasteiger partial charge is 0.478 e. The van der Waals surface area contributed by atoms with E-state index >= 15 is 0 Å². The van der Waals surface area contributed by atoms with Crippen LogP contribution in [0, 0.1) is 0 Å². The number of nitrogens with zero attached hydrogens (tertiary/aromatic N) is 2. The van der Waals surface area contributed by atoms with Crippen molar-refractivity contribution in [3.8, 4) is 0 Å². The van der Waals surface area contributed by atoms with E-state index in [0.717, 1.165) is 16.8 Å². The summed E-state index contributed by atoms with van der Waals surface area (Å²) in [6, 6.07) is 16.5. The van der Waals surface area contributed by atoms with Crippen molar-refractivity contribution >= 4 is 17.5 Å². The van der Waals surface area contributed by atoms with Crippen molar-refractivity contribution in [2.24, 2.45) is 9.98 Å². The van der Waals surface area contributed by atoms with E-state index < -0.39 is 5.97 Å². The maximum absolute atomic E-state index is 11.1. The van der Waals surface area contributed by atoms with Gasteiger partial charge in [-0.1, -0.05) is 42.5 Å². The van der Waals surface area contributed by atoms with Crippen LogP contribution in [0.25, 0.3) is 0 Å². The first-order valence-corrected chi connectivity index (χ1v) is 6.70. The second kappa shape index (κ2) is 5.32. The number of carboxylic acid groups (broad SMARTS) is 1. The van der Waals surface area contributed by atoms with E-state index in [4.69, 9.17) is 5.11 Å². The Balaban J connectivity index is 1.97. The molecule has 3 rings (SSSR count). The fourth-order valence-corrected chi connectivity index (χ4v) is 2.32. The number of hydrogen-bond acceptors (Lipinski definition) is 3. The van der Waals surface area contributed by atoms with Crippen LogP contribution >= 0.6 is 0 Å². The van der Waals surface area contributed by atoms with E-state index in [9.17, 15) is 4.79 Å². The summed E-state index contributed by atoms with van der Waals surface area (Å²) < 4.78 is 0. The number of aliphatic imine (C=N–C) groups is 2. The molecule has 104 valence electrons. The summed E-state index contributed by atoms with van der Waals surface area (Å²) in [6.45, 7) is 1.96. The Kier molecular flexibility index (Phi) is 3.36. The number of hydrogen-bond donors (Lipinski definition) is 1. The zero-order valence-corrected chi connectivity index (χ0v) is 11.5. The van der Waals surface area contributed by atoms with Gasteiger partial charge in [-0.3, -0.25) is 4.99 Å². The van der Waals surface area contributed by atoms with Gasteiger partial charge in [-0.05, 0) is 24.6 Å². The lowest BCUT2D eigenvalue weighted by Gasteiger charge is -2.05. The van der Waals surface area contributed by atoms with E-state index in [1.54, 1.807) is 18.2 Å². The summed E-state index contributed by atoms with van der Waals surface area (Å²) in [7, 11) is 0. The second-order valence-electron chi connectivity index (χ2n) is 4.88. The van der Waals surface area contributed by atoms with Gasteiger partial charge in [0.2, 0.25) is 0 Å². The average Bonchev–Trinajstić information content (AvgIpc) is 2.90. The number of aromatic carboxylic acids is 1. The van der Waals surface area contributed by atoms with Gasteiger partial charge in [-0.25, -0.2) is 9.79 Å². The molecular weight excluding hydrogens is 264 g/mol. The molecule has 2 aromatic carbocycles. The van der Waals surface area contributed by atoms with Gasteiger partial charge < -0.3 is 5.11 Å². The van der Waals surface area contributed by atoms with Gasteiger partial charge >= 0.3 is 5.97 Å². The molecule has 0 fully saturated rings. The number of amidine groups is 1. The summed E-state index contributed by atoms with van der Waals surface area (Å²) in [5, 5.41) is 9.08. The van der Waals surface area contributed by atoms with Crippen LogP contribution in [0.4, 0.5) is 0 Å². The Hall–Kier alpha value is -2.75. The monoisotopic (exact) mass is 278 g/mol. The highest BCUT2D eigenvalue weighted by atomic mass is 16.4. The van der Waals surface area contributed by atoms with Gasteiger partial charge in [0.25, 0.3) is 0 Å². The zero-order chi connectivity index (χ0) is 14.8. The predicted molar refractivity (Wildman–Crippen MR) is 82.4 cm³/mol. The first-order chi connectivity index (χ1) is 10.1. The lowest BCUT2D eigenvalue weighted by Crippen LogP contribution is -2.13. The molecule has 4 heteroatoms. The molecule has 0 aromatic heterocycles. The molecule has 1 atom stereocenters. The van der Waals surface area contributed by atoms with Gasteiger partial charge in [0.05, 0.1) is 17.3 Å². The topological polar surface area (TPSA) is 62.0 Å². The lowest BCUT2D eigenvalue weighted by atomic mass is 10.0. The third kappa shape index (κ3) is 2.60. The van der Waals surface area contributed by atoms with Gasteiger partial charge in [0.1, 0.15) is 0 Å². The van der Waals surface area contributed by atoms with E-state index in [1.807, 2.05) is 43.3 Å². The Bertz CT molecular complexity index is 748. The van der Waals surface area contributed by atoms with Gasteiger partial charge in [-0.2, -0.15) is 0 Å². The molecule has 1 heterocycles. The molecule has 1 aliphatic heterocycles. The highest BCUT2D eigenvalue weighted by Gasteiger charge is 2.21. The van der Waals surface area contributed by atoms with Gasteiger partial charge in [-0.15, -0.1) is 0 Å². The molecule has 1 aliphatic rings. The molecule has 0 spiro atoms. The Morgan fingerprint density at radius 3 is 2.48 bits per heavy atom. The van der Waals surface area contributed by atoms with Crippen LogP contribution in [-0.4, -0.2) is 28.7 Å². The molecule has 2 aromatic rings. The molecule has 0 aliphatic carbocycles. The molecular formula is C17H14N2O2. The average molecular weight is 278 g/mol. The Labute approximate surface area is 122 Å². The molecule has 0 radical (unpaired) electrons. The van der Waals surface area contributed by atoms with E-state index in [0.29, 0.717) is 5.84 Å². The summed E-state index contributed by atoms with van der Waals surface area (Å²) in [6.07, 6.45) is 0. The zero-order valence-electron chi connectivity index (χ0n) is 11.5. The maximum atomic E-state index is 11.1. The molecule has 1 N–H and O–H groups in total. The molecule has 21 heavy (non-hydrogen) atoms. The highest BCUT2D eigenvalue weighted by molar-refractivity contribution is 6.18. The summed E-state index contributed by atoms with van der Waals surface area (Å²) >= 11 is 0. The Morgan fingerprint density at radius 1 is 1.05 bits per heavy atom. The molecule has 1 unspecified atom stereocenters.